The van der Waals surface area contributed by atoms with Gasteiger partial charge in [-0.1, -0.05) is 0 Å². The predicted octanol–water partition coefficient (Wildman–Crippen LogP) is 0.166. The molecule has 0 unspecified atom stereocenters. The van der Waals surface area contributed by atoms with E-state index in [0.717, 1.165) is 0 Å². The Morgan fingerprint density at radius 3 is 1.40 bits per heavy atom. The molecule has 0 aliphatic heterocycles. The molecule has 0 heterocycles. The van der Waals surface area contributed by atoms with Crippen LogP contribution in [0.3, 0.4) is 0 Å². The van der Waals surface area contributed by atoms with Crippen LogP contribution in [0.1, 0.15) is 0 Å². The summed E-state index contributed by atoms with van der Waals surface area (Å²) < 4.78 is 0. The van der Waals surface area contributed by atoms with Gasteiger partial charge in [-0.15, -0.1) is 0 Å². The lowest BCUT2D eigenvalue weighted by Gasteiger charge is -0.999. The van der Waals surface area contributed by atoms with E-state index in [1.54, 1.807) is 0 Å². The average Bonchev–Trinajstić information content (AvgIpc) is 0.918. The van der Waals surface area contributed by atoms with Crippen LogP contribution >= 0.6 is 0 Å². The zero-order chi connectivity index (χ0) is 2.71. The van der Waals surface area contributed by atoms with Gasteiger partial charge in [-0.05, 0) is 0 Å². The number of rotatable bonds is 0. The van der Waals surface area contributed by atoms with Crippen LogP contribution in [0.15, 0.2) is 0 Å². The summed E-state index contributed by atoms with van der Waals surface area (Å²) in [6, 6.07) is 0. The largest absolute Gasteiger partial charge is 0.344 e. The fourth-order valence-corrected chi connectivity index (χ4v) is 0. The lowest BCUT2D eigenvalue weighted by molar-refractivity contribution is 1.58. The standard InChI is InChI=1S/N2O.2H3N/c1-2-3;;/h;2*1H3. The van der Waals surface area contributed by atoms with Gasteiger partial charge in [0.1, 0.15) is 4.97 Å². The van der Waals surface area contributed by atoms with Crippen molar-refractivity contribution in [2.24, 2.45) is 0 Å². The molecule has 0 amide bonds. The van der Waals surface area contributed by atoms with E-state index in [-0.39, 0.29) is 12.3 Å². The van der Waals surface area contributed by atoms with Crippen molar-refractivity contribution in [3.8, 4) is 0 Å². The zero-order valence-electron chi connectivity index (χ0n) is 2.72. The van der Waals surface area contributed by atoms with Crippen LogP contribution in [0, 0.1) is 4.91 Å². The summed E-state index contributed by atoms with van der Waals surface area (Å²) in [6.07, 6.45) is 0. The Balaban J connectivity index is -0.0000000200. The smallest absolute Gasteiger partial charge is 0.151 e. The first-order valence-corrected chi connectivity index (χ1v) is 0.383. The topological polar surface area (TPSA) is 123 Å². The molecule has 0 aromatic rings. The van der Waals surface area contributed by atoms with Gasteiger partial charge in [-0.2, -0.15) is 0 Å². The van der Waals surface area contributed by atoms with Crippen molar-refractivity contribution < 1.29 is 0 Å². The van der Waals surface area contributed by atoms with Crippen molar-refractivity contribution in [2.45, 2.75) is 0 Å². The van der Waals surface area contributed by atoms with Crippen molar-refractivity contribution in [3.05, 3.63) is 10.4 Å². The van der Waals surface area contributed by atoms with Gasteiger partial charge in [-0.3, -0.25) is 5.53 Å². The Morgan fingerprint density at radius 2 is 1.40 bits per heavy atom. The monoisotopic (exact) mass is 78.1 g/mol. The zero-order valence-corrected chi connectivity index (χ0v) is 2.72. The van der Waals surface area contributed by atoms with Gasteiger partial charge < -0.3 is 12.3 Å². The SMILES string of the molecule is N.N.[N-]=[N+]=O. The van der Waals surface area contributed by atoms with E-state index >= 15 is 0 Å². The first-order valence-electron chi connectivity index (χ1n) is 0.383. The van der Waals surface area contributed by atoms with Crippen molar-refractivity contribution in [2.75, 3.05) is 0 Å². The molecule has 0 atom stereocenters. The second kappa shape index (κ2) is 304. The number of hydrogen-bond acceptors (Lipinski definition) is 3. The van der Waals surface area contributed by atoms with Crippen molar-refractivity contribution in [1.29, 1.82) is 0 Å². The van der Waals surface area contributed by atoms with Crippen LogP contribution in [0.4, 0.5) is 0 Å². The molecule has 0 bridgehead atoms. The third-order valence-corrected chi connectivity index (χ3v) is 0. The summed E-state index contributed by atoms with van der Waals surface area (Å²) >= 11 is 0. The molecule has 0 saturated carbocycles. The number of nitrogens with zero attached hydrogens (tertiary/aromatic N) is 2. The van der Waals surface area contributed by atoms with Gasteiger partial charge in [0.2, 0.25) is 0 Å². The van der Waals surface area contributed by atoms with E-state index in [2.05, 4.69) is 0 Å². The maximum atomic E-state index is 8.11. The van der Waals surface area contributed by atoms with Gasteiger partial charge in [0.15, 0.2) is 4.91 Å². The van der Waals surface area contributed by atoms with Crippen molar-refractivity contribution >= 4 is 0 Å². The van der Waals surface area contributed by atoms with Gasteiger partial charge in [0.25, 0.3) is 0 Å². The normalized spacial score (nSPS) is 1.60. The highest BCUT2D eigenvalue weighted by Crippen LogP contribution is 0.905. The Hall–Kier alpha value is -0.770. The van der Waals surface area contributed by atoms with E-state index in [0.29, 0.717) is 0 Å². The molecule has 0 aliphatic rings. The minimum atomic E-state index is 0. The van der Waals surface area contributed by atoms with Crippen LogP contribution in [-0.2, 0) is 0 Å². The maximum absolute atomic E-state index is 8.11. The first-order chi connectivity index (χ1) is 1.41. The molecule has 5 heteroatoms. The quantitative estimate of drug-likeness (QED) is 0.316. The highest BCUT2D eigenvalue weighted by Gasteiger charge is 1.06. The van der Waals surface area contributed by atoms with Gasteiger partial charge in [-0.25, -0.2) is 0 Å². The van der Waals surface area contributed by atoms with E-state index in [1.165, 1.54) is 4.97 Å². The Labute approximate surface area is 29.0 Å². The van der Waals surface area contributed by atoms with E-state index in [9.17, 15) is 0 Å². The van der Waals surface area contributed by atoms with Crippen LogP contribution in [0.5, 0.6) is 0 Å². The first kappa shape index (κ1) is 29.2. The maximum Gasteiger partial charge on any atom is 0.151 e. The molecule has 0 aromatic heterocycles. The summed E-state index contributed by atoms with van der Waals surface area (Å²) in [5, 5.41) is 0. The lowest BCUT2D eigenvalue weighted by Crippen LogP contribution is -1.21. The van der Waals surface area contributed by atoms with E-state index < -0.39 is 0 Å². The van der Waals surface area contributed by atoms with Crippen molar-refractivity contribution in [1.82, 2.24) is 17.3 Å². The minimum Gasteiger partial charge on any atom is -0.344 e. The van der Waals surface area contributed by atoms with Crippen LogP contribution in [0.2, 0.25) is 0 Å². The molecule has 5 nitrogen and oxygen atoms in total. The molecule has 0 rings (SSSR count). The fourth-order valence-electron chi connectivity index (χ4n) is 0. The Morgan fingerprint density at radius 1 is 1.40 bits per heavy atom. The molecule has 0 spiro atoms. The van der Waals surface area contributed by atoms with E-state index in [4.69, 9.17) is 10.4 Å². The molecule has 0 radical (unpaired) electrons. The average molecular weight is 78.1 g/mol. The van der Waals surface area contributed by atoms with Gasteiger partial charge in [0.05, 0.1) is 0 Å². The lowest BCUT2D eigenvalue weighted by atomic mass is 13.2. The minimum absolute atomic E-state index is 0. The highest BCUT2D eigenvalue weighted by molar-refractivity contribution is 3.92. The van der Waals surface area contributed by atoms with Gasteiger partial charge >= 0.3 is 0 Å². The molecule has 0 aliphatic carbocycles. The molecule has 32 valence electrons. The third-order valence-electron chi connectivity index (χ3n) is 0. The Kier molecular flexibility index (Phi) is 1770. The fraction of sp³-hybridized carbons (Fsp3) is 0. The molecule has 0 saturated heterocycles. The van der Waals surface area contributed by atoms with Gasteiger partial charge in [0, 0.05) is 0 Å². The van der Waals surface area contributed by atoms with Crippen LogP contribution in [0.25, 0.3) is 5.53 Å². The molecule has 0 fully saturated rings. The second-order valence-corrected chi connectivity index (χ2v) is 0.0816. The Bertz CT molecular complexity index is 24.6. The summed E-state index contributed by atoms with van der Waals surface area (Å²) in [6.45, 7) is 0. The summed E-state index contributed by atoms with van der Waals surface area (Å²) in [7, 11) is 0. The number of hydrogen-bond donors (Lipinski definition) is 2. The van der Waals surface area contributed by atoms with Crippen molar-refractivity contribution in [3.63, 3.8) is 0 Å². The second-order valence-electron chi connectivity index (χ2n) is 0.0816. The van der Waals surface area contributed by atoms with Crippen LogP contribution in [-0.4, -0.2) is 0 Å². The molecular weight excluding hydrogens is 72.0 g/mol. The van der Waals surface area contributed by atoms with Crippen LogP contribution < -0.4 is 17.3 Å². The third kappa shape index (κ3) is 8.24. The molecule has 5 heavy (non-hydrogen) atoms. The summed E-state index contributed by atoms with van der Waals surface area (Å²) in [5.74, 6) is 0. The predicted molar refractivity (Wildman–Crippen MR) is 18.9 cm³/mol. The summed E-state index contributed by atoms with van der Waals surface area (Å²) in [4.78, 5) is 9.36. The molecule has 6 N–H and O–H groups in total. The van der Waals surface area contributed by atoms with E-state index in [1.807, 2.05) is 0 Å². The summed E-state index contributed by atoms with van der Waals surface area (Å²) in [5.41, 5.74) is 6.64. The highest BCUT2D eigenvalue weighted by atomic mass is 16.2. The molecule has 0 aromatic carbocycles. The molecular formula is H6N4O. The number of nitroso groups, excluding NO2 is 1.